The zero-order valence-corrected chi connectivity index (χ0v) is 6.99. The summed E-state index contributed by atoms with van der Waals surface area (Å²) >= 11 is 0. The summed E-state index contributed by atoms with van der Waals surface area (Å²) in [5.74, 6) is -0.0244. The Morgan fingerprint density at radius 3 is 2.55 bits per heavy atom. The van der Waals surface area contributed by atoms with Crippen molar-refractivity contribution in [2.24, 2.45) is 5.92 Å². The van der Waals surface area contributed by atoms with Crippen LogP contribution in [0.25, 0.3) is 0 Å². The highest BCUT2D eigenvalue weighted by Gasteiger charge is 2.50. The van der Waals surface area contributed by atoms with Gasteiger partial charge in [0.1, 0.15) is 5.54 Å². The Kier molecular flexibility index (Phi) is 2.12. The van der Waals surface area contributed by atoms with Gasteiger partial charge in [0.25, 0.3) is 0 Å². The lowest BCUT2D eigenvalue weighted by atomic mass is 10.0. The van der Waals surface area contributed by atoms with Crippen LogP contribution in [0.4, 0.5) is 0 Å². The molecule has 1 saturated heterocycles. The Morgan fingerprint density at radius 1 is 1.64 bits per heavy atom. The fraction of sp³-hybridized carbons (Fsp3) is 0.857. The largest absolute Gasteiger partial charge is 0.480 e. The van der Waals surface area contributed by atoms with Gasteiger partial charge in [0.15, 0.2) is 0 Å². The van der Waals surface area contributed by atoms with Crippen molar-refractivity contribution in [3.05, 3.63) is 0 Å². The third-order valence-corrected chi connectivity index (χ3v) is 2.76. The van der Waals surface area contributed by atoms with Crippen LogP contribution in [0.1, 0.15) is 19.3 Å². The number of fused-ring (bicyclic) bond motifs is 2. The number of piperidine rings is 1. The summed E-state index contributed by atoms with van der Waals surface area (Å²) in [5, 5.41) is 11.9. The number of halogens is 1. The molecule has 1 unspecified atom stereocenters. The lowest BCUT2D eigenvalue weighted by molar-refractivity contribution is -0.144. The van der Waals surface area contributed by atoms with E-state index in [9.17, 15) is 4.79 Å². The first kappa shape index (κ1) is 8.81. The van der Waals surface area contributed by atoms with Crippen molar-refractivity contribution in [3.8, 4) is 0 Å². The van der Waals surface area contributed by atoms with E-state index in [4.69, 9.17) is 5.11 Å². The van der Waals surface area contributed by atoms with Crippen LogP contribution in [0.2, 0.25) is 0 Å². The maximum absolute atomic E-state index is 10.7. The Hall–Kier alpha value is -0.280. The molecule has 2 aliphatic rings. The topological polar surface area (TPSA) is 49.3 Å². The molecule has 4 heteroatoms. The molecular weight excluding hydrogens is 166 g/mol. The molecule has 1 aliphatic carbocycles. The van der Waals surface area contributed by atoms with Gasteiger partial charge in [0.05, 0.1) is 0 Å². The molecule has 1 aliphatic heterocycles. The summed E-state index contributed by atoms with van der Waals surface area (Å²) < 4.78 is 0. The first-order valence-corrected chi connectivity index (χ1v) is 3.71. The van der Waals surface area contributed by atoms with Gasteiger partial charge in [-0.1, -0.05) is 0 Å². The lowest BCUT2D eigenvalue weighted by Gasteiger charge is -2.21. The van der Waals surface area contributed by atoms with Crippen LogP contribution in [0, 0.1) is 5.92 Å². The van der Waals surface area contributed by atoms with Gasteiger partial charge in [-0.2, -0.15) is 0 Å². The molecule has 2 N–H and O–H groups in total. The molecule has 2 fully saturated rings. The molecule has 0 spiro atoms. The lowest BCUT2D eigenvalue weighted by Crippen LogP contribution is -2.47. The second-order valence-electron chi connectivity index (χ2n) is 3.38. The van der Waals surface area contributed by atoms with E-state index in [1.165, 1.54) is 0 Å². The minimum atomic E-state index is -0.660. The third kappa shape index (κ3) is 1.12. The molecule has 1 saturated carbocycles. The van der Waals surface area contributed by atoms with Gasteiger partial charge in [0, 0.05) is 0 Å². The van der Waals surface area contributed by atoms with Crippen LogP contribution in [-0.4, -0.2) is 23.2 Å². The van der Waals surface area contributed by atoms with E-state index in [-0.39, 0.29) is 12.4 Å². The second kappa shape index (κ2) is 2.64. The van der Waals surface area contributed by atoms with Crippen LogP contribution in [0.3, 0.4) is 0 Å². The van der Waals surface area contributed by atoms with Crippen LogP contribution in [0.5, 0.6) is 0 Å². The number of carbonyl (C=O) groups is 1. The number of hydrogen-bond donors (Lipinski definition) is 2. The van der Waals surface area contributed by atoms with E-state index in [0.29, 0.717) is 5.92 Å². The molecule has 0 aromatic carbocycles. The maximum Gasteiger partial charge on any atom is 0.323 e. The summed E-state index contributed by atoms with van der Waals surface area (Å²) in [6.45, 7) is 0.909. The first-order chi connectivity index (χ1) is 4.73. The number of aliphatic carboxylic acids is 1. The van der Waals surface area contributed by atoms with E-state index in [1.807, 2.05) is 0 Å². The smallest absolute Gasteiger partial charge is 0.323 e. The Labute approximate surface area is 71.6 Å². The van der Waals surface area contributed by atoms with Crippen LogP contribution in [-0.2, 0) is 4.79 Å². The van der Waals surface area contributed by atoms with Crippen LogP contribution in [0.15, 0.2) is 0 Å². The van der Waals surface area contributed by atoms with Crippen molar-refractivity contribution >= 4 is 18.4 Å². The summed E-state index contributed by atoms with van der Waals surface area (Å²) in [4.78, 5) is 10.7. The standard InChI is InChI=1S/C7H11NO2.ClH/c9-6(10)7-2-1-5(3-7)4-8-7;/h5,8H,1-4H2,(H,9,10);1H/t5?,7-;/m1./s1. The molecule has 2 atom stereocenters. The predicted molar refractivity (Wildman–Crippen MR) is 43.0 cm³/mol. The van der Waals surface area contributed by atoms with E-state index >= 15 is 0 Å². The molecule has 64 valence electrons. The molecule has 1 heterocycles. The number of hydrogen-bond acceptors (Lipinski definition) is 2. The van der Waals surface area contributed by atoms with E-state index in [1.54, 1.807) is 0 Å². The molecule has 0 amide bonds. The Bertz CT molecular complexity index is 175. The van der Waals surface area contributed by atoms with Crippen molar-refractivity contribution < 1.29 is 9.90 Å². The molecule has 0 aromatic heterocycles. The summed E-state index contributed by atoms with van der Waals surface area (Å²) in [6.07, 6.45) is 2.77. The fourth-order valence-electron chi connectivity index (χ4n) is 2.09. The molecule has 2 rings (SSSR count). The Morgan fingerprint density at radius 2 is 2.36 bits per heavy atom. The van der Waals surface area contributed by atoms with Gasteiger partial charge in [-0.05, 0) is 31.7 Å². The van der Waals surface area contributed by atoms with Crippen LogP contribution < -0.4 is 5.32 Å². The highest BCUT2D eigenvalue weighted by atomic mass is 35.5. The maximum atomic E-state index is 10.7. The fourth-order valence-corrected chi connectivity index (χ4v) is 2.09. The van der Waals surface area contributed by atoms with Crippen molar-refractivity contribution in [2.75, 3.05) is 6.54 Å². The number of rotatable bonds is 1. The van der Waals surface area contributed by atoms with Crippen molar-refractivity contribution in [2.45, 2.75) is 24.8 Å². The van der Waals surface area contributed by atoms with Crippen LogP contribution >= 0.6 is 12.4 Å². The normalized spacial score (nSPS) is 40.2. The molecule has 0 aromatic rings. The van der Waals surface area contributed by atoms with Gasteiger partial charge in [0.2, 0.25) is 0 Å². The summed E-state index contributed by atoms with van der Waals surface area (Å²) in [5.41, 5.74) is -0.523. The number of carboxylic acid groups (broad SMARTS) is 1. The molecule has 2 bridgehead atoms. The van der Waals surface area contributed by atoms with Gasteiger partial charge in [-0.25, -0.2) is 0 Å². The monoisotopic (exact) mass is 177 g/mol. The van der Waals surface area contributed by atoms with Crippen molar-refractivity contribution in [3.63, 3.8) is 0 Å². The van der Waals surface area contributed by atoms with Gasteiger partial charge in [-0.3, -0.25) is 4.79 Å². The second-order valence-corrected chi connectivity index (χ2v) is 3.38. The van der Waals surface area contributed by atoms with E-state index in [0.717, 1.165) is 25.8 Å². The molecule has 11 heavy (non-hydrogen) atoms. The molecule has 3 nitrogen and oxygen atoms in total. The summed E-state index contributed by atoms with van der Waals surface area (Å²) in [7, 11) is 0. The minimum absolute atomic E-state index is 0. The molecule has 0 radical (unpaired) electrons. The summed E-state index contributed by atoms with van der Waals surface area (Å²) in [6, 6.07) is 0. The van der Waals surface area contributed by atoms with Gasteiger partial charge < -0.3 is 10.4 Å². The zero-order valence-electron chi connectivity index (χ0n) is 6.17. The number of carboxylic acids is 1. The number of nitrogens with one attached hydrogen (secondary N) is 1. The first-order valence-electron chi connectivity index (χ1n) is 3.71. The van der Waals surface area contributed by atoms with Crippen molar-refractivity contribution in [1.29, 1.82) is 0 Å². The average Bonchev–Trinajstić information content (AvgIpc) is 2.45. The zero-order chi connectivity index (χ0) is 7.19. The minimum Gasteiger partial charge on any atom is -0.480 e. The van der Waals surface area contributed by atoms with E-state index < -0.39 is 11.5 Å². The SMILES string of the molecule is Cl.O=C(O)[C@]12CCC(CN1)C2. The third-order valence-electron chi connectivity index (χ3n) is 2.76. The Balaban J connectivity index is 0.000000605. The van der Waals surface area contributed by atoms with Gasteiger partial charge in [-0.15, -0.1) is 12.4 Å². The highest BCUT2D eigenvalue weighted by Crippen LogP contribution is 2.39. The average molecular weight is 178 g/mol. The predicted octanol–water partition coefficient (Wildman–Crippen LogP) is 0.635. The van der Waals surface area contributed by atoms with Crippen molar-refractivity contribution in [1.82, 2.24) is 5.32 Å². The van der Waals surface area contributed by atoms with E-state index in [2.05, 4.69) is 5.32 Å². The highest BCUT2D eigenvalue weighted by molar-refractivity contribution is 5.85. The van der Waals surface area contributed by atoms with Gasteiger partial charge >= 0.3 is 5.97 Å². The molecular formula is C7H12ClNO2. The quantitative estimate of drug-likeness (QED) is 0.618.